The van der Waals surface area contributed by atoms with E-state index < -0.39 is 16.8 Å². The van der Waals surface area contributed by atoms with Gasteiger partial charge in [-0.3, -0.25) is 14.9 Å². The summed E-state index contributed by atoms with van der Waals surface area (Å²) in [5.41, 5.74) is 3.16. The number of Topliss-reactive ketones (excluding diaryl/α,β-unsaturated/α-hetero) is 1. The number of benzene rings is 2. The van der Waals surface area contributed by atoms with E-state index in [-0.39, 0.29) is 35.5 Å². The molecule has 1 N–H and O–H groups in total. The van der Waals surface area contributed by atoms with E-state index in [4.69, 9.17) is 4.74 Å². The molecule has 0 saturated carbocycles. The number of dihydropyridines is 1. The van der Waals surface area contributed by atoms with Gasteiger partial charge in [0, 0.05) is 35.0 Å². The maximum absolute atomic E-state index is 13.5. The second kappa shape index (κ2) is 9.02. The second-order valence-corrected chi connectivity index (χ2v) is 8.70. The normalized spacial score (nSPS) is 20.4. The summed E-state index contributed by atoms with van der Waals surface area (Å²) in [6.45, 7) is 5.23. The molecule has 2 aromatic rings. The first-order valence-corrected chi connectivity index (χ1v) is 11.0. The molecule has 2 aliphatic rings. The predicted molar refractivity (Wildman–Crippen MR) is 123 cm³/mol. The number of ketones is 1. The van der Waals surface area contributed by atoms with Crippen molar-refractivity contribution in [3.63, 3.8) is 0 Å². The number of hydrogen-bond acceptors (Lipinski definition) is 6. The van der Waals surface area contributed by atoms with Crippen molar-refractivity contribution in [1.29, 1.82) is 0 Å². The fourth-order valence-corrected chi connectivity index (χ4v) is 4.76. The highest BCUT2D eigenvalue weighted by atomic mass is 16.6. The first-order valence-electron chi connectivity index (χ1n) is 11.0. The van der Waals surface area contributed by atoms with E-state index >= 15 is 0 Å². The van der Waals surface area contributed by atoms with Gasteiger partial charge in [0.25, 0.3) is 5.69 Å². The number of carbonyl (C=O) groups excluding carboxylic acids is 2. The van der Waals surface area contributed by atoms with Gasteiger partial charge >= 0.3 is 5.97 Å². The summed E-state index contributed by atoms with van der Waals surface area (Å²) in [5.74, 6) is -1.57. The molecule has 0 fully saturated rings. The number of nitro groups is 1. The minimum atomic E-state index is -0.863. The molecule has 0 spiro atoms. The molecule has 2 aromatic carbocycles. The molecule has 1 aliphatic heterocycles. The number of nitro benzene ring substituents is 1. The third-order valence-electron chi connectivity index (χ3n) is 6.11. The lowest BCUT2D eigenvalue weighted by Gasteiger charge is -2.36. The first-order chi connectivity index (χ1) is 15.8. The Morgan fingerprint density at radius 2 is 1.76 bits per heavy atom. The zero-order valence-electron chi connectivity index (χ0n) is 18.8. The van der Waals surface area contributed by atoms with E-state index in [2.05, 4.69) is 5.32 Å². The number of carbonyl (C=O) groups is 2. The van der Waals surface area contributed by atoms with Gasteiger partial charge in [0.15, 0.2) is 5.78 Å². The van der Waals surface area contributed by atoms with Gasteiger partial charge in [-0.1, -0.05) is 48.5 Å². The number of hydrogen-bond donors (Lipinski definition) is 1. The molecule has 7 heteroatoms. The minimum Gasteiger partial charge on any atom is -0.460 e. The molecule has 0 saturated heterocycles. The molecule has 7 nitrogen and oxygen atoms in total. The largest absolute Gasteiger partial charge is 0.460 e. The Bertz CT molecular complexity index is 1180. The monoisotopic (exact) mass is 446 g/mol. The Balaban J connectivity index is 1.86. The number of rotatable bonds is 5. The zero-order valence-corrected chi connectivity index (χ0v) is 18.8. The van der Waals surface area contributed by atoms with Gasteiger partial charge < -0.3 is 10.1 Å². The van der Waals surface area contributed by atoms with Crippen molar-refractivity contribution in [3.05, 3.63) is 98.4 Å². The van der Waals surface area contributed by atoms with Gasteiger partial charge in [0.05, 0.1) is 22.5 Å². The lowest BCUT2D eigenvalue weighted by Crippen LogP contribution is -2.36. The van der Waals surface area contributed by atoms with Gasteiger partial charge in [-0.15, -0.1) is 0 Å². The van der Waals surface area contributed by atoms with E-state index in [1.807, 2.05) is 30.3 Å². The Morgan fingerprint density at radius 3 is 2.42 bits per heavy atom. The number of nitrogens with one attached hydrogen (secondary N) is 1. The summed E-state index contributed by atoms with van der Waals surface area (Å²) < 4.78 is 5.48. The number of ether oxygens (including phenoxy) is 1. The van der Waals surface area contributed by atoms with Crippen molar-refractivity contribution in [2.24, 2.45) is 0 Å². The molecular weight excluding hydrogens is 420 g/mol. The number of allylic oxidation sites excluding steroid dienone is 3. The standard InChI is InChI=1S/C26H26N2O5/c1-15(2)33-26(30)23-16(3)27-20-13-18(17-9-5-4-6-10-17)14-22(29)25(20)24(23)19-11-7-8-12-21(19)28(31)32/h4-12,15,18,24,27H,13-14H2,1-3H3/t18-,24+/m1/s1. The summed E-state index contributed by atoms with van der Waals surface area (Å²) in [7, 11) is 0. The maximum atomic E-state index is 13.5. The van der Waals surface area contributed by atoms with Crippen LogP contribution in [0.1, 0.15) is 56.6 Å². The van der Waals surface area contributed by atoms with Gasteiger partial charge in [-0.2, -0.15) is 0 Å². The van der Waals surface area contributed by atoms with Crippen LogP contribution in [-0.4, -0.2) is 22.8 Å². The van der Waals surface area contributed by atoms with Crippen LogP contribution in [0.5, 0.6) is 0 Å². The number of nitrogens with zero attached hydrogens (tertiary/aromatic N) is 1. The average molecular weight is 447 g/mol. The molecule has 170 valence electrons. The van der Waals surface area contributed by atoms with Crippen molar-refractivity contribution in [2.75, 3.05) is 0 Å². The highest BCUT2D eigenvalue weighted by Gasteiger charge is 2.43. The van der Waals surface area contributed by atoms with Crippen LogP contribution < -0.4 is 5.32 Å². The van der Waals surface area contributed by atoms with Crippen molar-refractivity contribution < 1.29 is 19.2 Å². The summed E-state index contributed by atoms with van der Waals surface area (Å²) >= 11 is 0. The van der Waals surface area contributed by atoms with E-state index in [9.17, 15) is 19.7 Å². The third kappa shape index (κ3) is 4.31. The third-order valence-corrected chi connectivity index (χ3v) is 6.11. The Hall–Kier alpha value is -3.74. The van der Waals surface area contributed by atoms with E-state index in [0.29, 0.717) is 29.0 Å². The molecule has 33 heavy (non-hydrogen) atoms. The van der Waals surface area contributed by atoms with Gasteiger partial charge in [0.2, 0.25) is 0 Å². The van der Waals surface area contributed by atoms with E-state index in [1.165, 1.54) is 6.07 Å². The fraction of sp³-hybridized carbons (Fsp3) is 0.308. The van der Waals surface area contributed by atoms with Crippen LogP contribution >= 0.6 is 0 Å². The fourth-order valence-electron chi connectivity index (χ4n) is 4.76. The first kappa shape index (κ1) is 22.5. The van der Waals surface area contributed by atoms with Crippen LogP contribution in [0.2, 0.25) is 0 Å². The molecule has 1 heterocycles. The van der Waals surface area contributed by atoms with E-state index in [1.54, 1.807) is 39.0 Å². The smallest absolute Gasteiger partial charge is 0.337 e. The van der Waals surface area contributed by atoms with Crippen LogP contribution in [-0.2, 0) is 14.3 Å². The molecule has 0 bridgehead atoms. The van der Waals surface area contributed by atoms with Crippen LogP contribution in [0.3, 0.4) is 0 Å². The molecular formula is C26H26N2O5. The van der Waals surface area contributed by atoms with Gasteiger partial charge in [-0.25, -0.2) is 4.79 Å². The molecule has 4 rings (SSSR count). The summed E-state index contributed by atoms with van der Waals surface area (Å²) in [4.78, 5) is 38.0. The molecule has 0 unspecified atom stereocenters. The lowest BCUT2D eigenvalue weighted by atomic mass is 9.71. The number of esters is 1. The van der Waals surface area contributed by atoms with Crippen molar-refractivity contribution >= 4 is 17.4 Å². The minimum absolute atomic E-state index is 0.00618. The second-order valence-electron chi connectivity index (χ2n) is 8.70. The molecule has 0 aromatic heterocycles. The Kier molecular flexibility index (Phi) is 6.14. The van der Waals surface area contributed by atoms with E-state index in [0.717, 1.165) is 5.56 Å². The van der Waals surface area contributed by atoms with Crippen LogP contribution in [0, 0.1) is 10.1 Å². The SMILES string of the molecule is CC1=C(C(=O)OC(C)C)[C@H](c2ccccc2[N+](=O)[O-])C2=C(C[C@@H](c3ccccc3)CC2=O)N1. The van der Waals surface area contributed by atoms with Gasteiger partial charge in [-0.05, 0) is 38.7 Å². The maximum Gasteiger partial charge on any atom is 0.337 e. The van der Waals surface area contributed by atoms with Crippen LogP contribution in [0.25, 0.3) is 0 Å². The number of para-hydroxylation sites is 1. The van der Waals surface area contributed by atoms with Crippen molar-refractivity contribution in [2.45, 2.75) is 51.6 Å². The Labute approximate surface area is 192 Å². The van der Waals surface area contributed by atoms with Gasteiger partial charge in [0.1, 0.15) is 0 Å². The lowest BCUT2D eigenvalue weighted by molar-refractivity contribution is -0.385. The molecule has 0 radical (unpaired) electrons. The summed E-state index contributed by atoms with van der Waals surface area (Å²) in [6, 6.07) is 16.1. The predicted octanol–water partition coefficient (Wildman–Crippen LogP) is 4.91. The highest BCUT2D eigenvalue weighted by molar-refractivity contribution is 6.04. The Morgan fingerprint density at radius 1 is 1.09 bits per heavy atom. The zero-order chi connectivity index (χ0) is 23.7. The topological polar surface area (TPSA) is 98.5 Å². The molecule has 2 atom stereocenters. The van der Waals surface area contributed by atoms with Crippen LogP contribution in [0.4, 0.5) is 5.69 Å². The summed E-state index contributed by atoms with van der Waals surface area (Å²) in [6.07, 6.45) is 0.475. The van der Waals surface area contributed by atoms with Crippen molar-refractivity contribution in [3.8, 4) is 0 Å². The quantitative estimate of drug-likeness (QED) is 0.398. The van der Waals surface area contributed by atoms with Crippen molar-refractivity contribution in [1.82, 2.24) is 5.32 Å². The highest BCUT2D eigenvalue weighted by Crippen LogP contribution is 2.47. The summed E-state index contributed by atoms with van der Waals surface area (Å²) in [5, 5.41) is 15.1. The van der Waals surface area contributed by atoms with Crippen LogP contribution in [0.15, 0.2) is 77.1 Å². The average Bonchev–Trinajstić information content (AvgIpc) is 2.78. The molecule has 1 aliphatic carbocycles. The molecule has 0 amide bonds.